The minimum Gasteiger partial charge on any atom is -0.472 e. The van der Waals surface area contributed by atoms with Gasteiger partial charge in [0, 0.05) is 64.9 Å². The Kier molecular flexibility index (Phi) is 5.83. The molecule has 5 aliphatic rings. The maximum absolute atomic E-state index is 14.1. The standard InChI is InChI=1S/C30H42N2O3S/c1-21-3-5-27(23-9-13-34-15-23)31-18-29(11-7-25(21)31)17-30(36(33)20-29)12-8-26-22(2)4-6-28(32(26)19-30)24-10-14-35-16-24/h9-10,13-16,21-22,25-28H,3-8,11-12,17-20H2,1-2H3/t21-,22-,25-,26-,27-,28-,29-,30-,36-/m0/s1. The zero-order valence-corrected chi connectivity index (χ0v) is 22.8. The van der Waals surface area contributed by atoms with E-state index in [0.717, 1.165) is 43.5 Å². The van der Waals surface area contributed by atoms with Gasteiger partial charge < -0.3 is 8.83 Å². The summed E-state index contributed by atoms with van der Waals surface area (Å²) in [6.45, 7) is 6.99. The van der Waals surface area contributed by atoms with E-state index in [1.807, 2.05) is 25.1 Å². The van der Waals surface area contributed by atoms with Crippen LogP contribution in [-0.2, 0) is 10.8 Å². The highest BCUT2D eigenvalue weighted by atomic mass is 32.2. The highest BCUT2D eigenvalue weighted by Gasteiger charge is 2.59. The van der Waals surface area contributed by atoms with Crippen LogP contribution in [0.1, 0.15) is 94.8 Å². The van der Waals surface area contributed by atoms with Crippen LogP contribution in [0.2, 0.25) is 0 Å². The zero-order chi connectivity index (χ0) is 24.5. The second-order valence-electron chi connectivity index (χ2n) is 13.2. The van der Waals surface area contributed by atoms with Crippen molar-refractivity contribution in [2.24, 2.45) is 17.3 Å². The molecule has 2 spiro atoms. The molecule has 9 atom stereocenters. The lowest BCUT2D eigenvalue weighted by atomic mass is 9.67. The average molecular weight is 511 g/mol. The second kappa shape index (κ2) is 8.84. The molecule has 0 aliphatic carbocycles. The molecule has 0 unspecified atom stereocenters. The van der Waals surface area contributed by atoms with Crippen molar-refractivity contribution in [3.63, 3.8) is 0 Å². The first-order chi connectivity index (χ1) is 17.5. The molecule has 0 amide bonds. The van der Waals surface area contributed by atoms with Gasteiger partial charge in [-0.1, -0.05) is 13.8 Å². The Bertz CT molecular complexity index is 1090. The maximum atomic E-state index is 14.1. The largest absolute Gasteiger partial charge is 0.472 e. The van der Waals surface area contributed by atoms with E-state index >= 15 is 0 Å². The molecule has 5 fully saturated rings. The normalized spacial score (nSPS) is 45.7. The van der Waals surface area contributed by atoms with Crippen molar-refractivity contribution >= 4 is 10.8 Å². The molecule has 0 radical (unpaired) electrons. The number of hydrogen-bond donors (Lipinski definition) is 0. The van der Waals surface area contributed by atoms with E-state index in [1.165, 1.54) is 56.1 Å². The summed E-state index contributed by atoms with van der Waals surface area (Å²) in [7, 11) is -0.772. The van der Waals surface area contributed by atoms with E-state index in [2.05, 4.69) is 35.8 Å². The van der Waals surface area contributed by atoms with Crippen LogP contribution in [0.25, 0.3) is 0 Å². The van der Waals surface area contributed by atoms with Crippen LogP contribution >= 0.6 is 0 Å². The van der Waals surface area contributed by atoms with Gasteiger partial charge >= 0.3 is 0 Å². The van der Waals surface area contributed by atoms with E-state index in [9.17, 15) is 4.21 Å². The molecule has 5 nitrogen and oxygen atoms in total. The van der Waals surface area contributed by atoms with Gasteiger partial charge in [0.15, 0.2) is 0 Å². The highest BCUT2D eigenvalue weighted by molar-refractivity contribution is 7.86. The van der Waals surface area contributed by atoms with E-state index in [1.54, 1.807) is 0 Å². The number of rotatable bonds is 2. The van der Waals surface area contributed by atoms with Gasteiger partial charge in [-0.25, -0.2) is 0 Å². The summed E-state index contributed by atoms with van der Waals surface area (Å²) in [6, 6.07) is 6.46. The monoisotopic (exact) mass is 510 g/mol. The van der Waals surface area contributed by atoms with Gasteiger partial charge in [0.1, 0.15) is 0 Å². The SMILES string of the molecule is C[C@H]1CC[C@@H](c2ccoc2)N2C[C@@]3(CC[C@@H]12)C[S@](=O)[C@@]1(CC[C@H]2[C@@H](C)CC[C@@H](c4ccoc4)N2C1)C3. The molecule has 0 bridgehead atoms. The predicted molar refractivity (Wildman–Crippen MR) is 142 cm³/mol. The Hall–Kier alpha value is -1.37. The fraction of sp³-hybridized carbons (Fsp3) is 0.733. The number of hydrogen-bond acceptors (Lipinski definition) is 5. The summed E-state index contributed by atoms with van der Waals surface area (Å²) in [5.74, 6) is 2.36. The quantitative estimate of drug-likeness (QED) is 0.473. The van der Waals surface area contributed by atoms with Gasteiger partial charge in [-0.3, -0.25) is 14.0 Å². The van der Waals surface area contributed by atoms with Crippen molar-refractivity contribution in [1.29, 1.82) is 0 Å². The van der Waals surface area contributed by atoms with Gasteiger partial charge in [0.25, 0.3) is 0 Å². The van der Waals surface area contributed by atoms with Gasteiger partial charge in [-0.05, 0) is 87.2 Å². The zero-order valence-electron chi connectivity index (χ0n) is 21.9. The van der Waals surface area contributed by atoms with Crippen molar-refractivity contribution < 1.29 is 13.0 Å². The first kappa shape index (κ1) is 23.7. The minimum absolute atomic E-state index is 0.0467. The van der Waals surface area contributed by atoms with E-state index in [0.29, 0.717) is 24.2 Å². The molecule has 7 heterocycles. The van der Waals surface area contributed by atoms with Crippen molar-refractivity contribution in [1.82, 2.24) is 9.80 Å². The highest BCUT2D eigenvalue weighted by Crippen LogP contribution is 2.56. The van der Waals surface area contributed by atoms with Gasteiger partial charge in [0.05, 0.1) is 29.8 Å². The van der Waals surface area contributed by atoms with Crippen LogP contribution in [0.3, 0.4) is 0 Å². The molecule has 36 heavy (non-hydrogen) atoms. The Morgan fingerprint density at radius 3 is 1.97 bits per heavy atom. The third kappa shape index (κ3) is 3.72. The molecule has 0 N–H and O–H groups in total. The van der Waals surface area contributed by atoms with Crippen LogP contribution < -0.4 is 0 Å². The molecular formula is C30H42N2O3S. The van der Waals surface area contributed by atoms with E-state index in [4.69, 9.17) is 8.83 Å². The van der Waals surface area contributed by atoms with Crippen LogP contribution in [0.4, 0.5) is 0 Å². The molecule has 2 aromatic rings. The predicted octanol–water partition coefficient (Wildman–Crippen LogP) is 6.32. The molecule has 5 saturated heterocycles. The average Bonchev–Trinajstić information content (AvgIpc) is 3.63. The molecule has 2 aromatic heterocycles. The summed E-state index contributed by atoms with van der Waals surface area (Å²) in [5, 5.41) is 0. The number of fused-ring (bicyclic) bond motifs is 2. The number of piperidine rings is 4. The van der Waals surface area contributed by atoms with Crippen molar-refractivity contribution in [2.75, 3.05) is 18.8 Å². The lowest BCUT2D eigenvalue weighted by Crippen LogP contribution is -2.58. The van der Waals surface area contributed by atoms with Crippen LogP contribution in [0, 0.1) is 17.3 Å². The summed E-state index contributed by atoms with van der Waals surface area (Å²) in [5.41, 5.74) is 2.84. The topological polar surface area (TPSA) is 49.8 Å². The third-order valence-electron chi connectivity index (χ3n) is 11.1. The number of nitrogens with zero attached hydrogens (tertiary/aromatic N) is 2. The van der Waals surface area contributed by atoms with Gasteiger partial charge in [-0.2, -0.15) is 0 Å². The van der Waals surface area contributed by atoms with Crippen LogP contribution in [0.15, 0.2) is 46.0 Å². The number of furan rings is 2. The molecule has 6 heteroatoms. The Morgan fingerprint density at radius 1 is 0.806 bits per heavy atom. The Balaban J connectivity index is 1.16. The fourth-order valence-electron chi connectivity index (χ4n) is 9.26. The van der Waals surface area contributed by atoms with Crippen LogP contribution in [0.5, 0.6) is 0 Å². The molecule has 5 aliphatic heterocycles. The molecule has 7 rings (SSSR count). The lowest BCUT2D eigenvalue weighted by Gasteiger charge is -2.55. The lowest BCUT2D eigenvalue weighted by molar-refractivity contribution is -0.0454. The van der Waals surface area contributed by atoms with Crippen molar-refractivity contribution in [3.05, 3.63) is 48.3 Å². The Labute approximate surface area is 218 Å². The van der Waals surface area contributed by atoms with E-state index < -0.39 is 10.8 Å². The maximum Gasteiger partial charge on any atom is 0.0950 e. The molecule has 0 saturated carbocycles. The summed E-state index contributed by atoms with van der Waals surface area (Å²) in [6.07, 6.45) is 18.5. The first-order valence-electron chi connectivity index (χ1n) is 14.4. The van der Waals surface area contributed by atoms with Crippen molar-refractivity contribution in [2.45, 2.75) is 101 Å². The molecular weight excluding hydrogens is 468 g/mol. The summed E-state index contributed by atoms with van der Waals surface area (Å²) in [4.78, 5) is 5.59. The van der Waals surface area contributed by atoms with Gasteiger partial charge in [0.2, 0.25) is 0 Å². The Morgan fingerprint density at radius 2 is 1.39 bits per heavy atom. The first-order valence-corrected chi connectivity index (χ1v) is 15.7. The fourth-order valence-corrected chi connectivity index (χ4v) is 11.6. The third-order valence-corrected chi connectivity index (χ3v) is 13.4. The van der Waals surface area contributed by atoms with Crippen molar-refractivity contribution in [3.8, 4) is 0 Å². The second-order valence-corrected chi connectivity index (χ2v) is 15.0. The smallest absolute Gasteiger partial charge is 0.0950 e. The summed E-state index contributed by atoms with van der Waals surface area (Å²) >= 11 is 0. The van der Waals surface area contributed by atoms with Crippen LogP contribution in [-0.4, -0.2) is 49.7 Å². The molecule has 196 valence electrons. The molecule has 0 aromatic carbocycles. The van der Waals surface area contributed by atoms with Gasteiger partial charge in [-0.15, -0.1) is 0 Å². The summed E-state index contributed by atoms with van der Waals surface area (Å²) < 4.78 is 25.1. The van der Waals surface area contributed by atoms with E-state index in [-0.39, 0.29) is 10.2 Å². The minimum atomic E-state index is -0.772.